The zero-order valence-electron chi connectivity index (χ0n) is 19.4. The summed E-state index contributed by atoms with van der Waals surface area (Å²) in [5.41, 5.74) is 3.27. The van der Waals surface area contributed by atoms with Crippen LogP contribution in [0.2, 0.25) is 5.02 Å². The number of carbonyl (C=O) groups excluding carboxylic acids is 2. The van der Waals surface area contributed by atoms with E-state index >= 15 is 0 Å². The number of halogens is 1. The molecular formula is C27H22ClN4O3+. The first-order chi connectivity index (χ1) is 16.8. The van der Waals surface area contributed by atoms with Crippen molar-refractivity contribution in [2.75, 3.05) is 4.90 Å². The number of hydrogen-bond donors (Lipinski definition) is 1. The number of carbonyl (C=O) groups is 2. The SMILES string of the molecule is Cc1cc[n+](C2=C(c3c(C)[nH]n(-c4cccc(Cl)c4)c3=O)C(=O)N(c3ccccc3)C2=O)cc1C. The van der Waals surface area contributed by atoms with Crippen LogP contribution in [0, 0.1) is 20.8 Å². The molecule has 0 unspecified atom stereocenters. The number of hydrogen-bond acceptors (Lipinski definition) is 3. The van der Waals surface area contributed by atoms with Crippen molar-refractivity contribution in [2.45, 2.75) is 20.8 Å². The molecule has 8 heteroatoms. The van der Waals surface area contributed by atoms with Gasteiger partial charge in [-0.2, -0.15) is 4.57 Å². The van der Waals surface area contributed by atoms with Crippen LogP contribution in [0.3, 0.4) is 0 Å². The molecule has 1 N–H and O–H groups in total. The summed E-state index contributed by atoms with van der Waals surface area (Å²) in [7, 11) is 0. The smallest absolute Gasteiger partial charge is 0.295 e. The van der Waals surface area contributed by atoms with Crippen molar-refractivity contribution in [3.63, 3.8) is 0 Å². The molecule has 4 aromatic rings. The lowest BCUT2D eigenvalue weighted by atomic mass is 10.0. The van der Waals surface area contributed by atoms with Crippen molar-refractivity contribution in [3.8, 4) is 5.69 Å². The molecule has 0 radical (unpaired) electrons. The van der Waals surface area contributed by atoms with Gasteiger partial charge in [-0.05, 0) is 56.7 Å². The van der Waals surface area contributed by atoms with Gasteiger partial charge in [0.25, 0.3) is 17.2 Å². The zero-order valence-corrected chi connectivity index (χ0v) is 20.1. The minimum Gasteiger partial charge on any atom is -0.295 e. The Kier molecular flexibility index (Phi) is 5.49. The molecule has 0 atom stereocenters. The van der Waals surface area contributed by atoms with Crippen LogP contribution in [-0.2, 0) is 9.59 Å². The van der Waals surface area contributed by atoms with Crippen molar-refractivity contribution in [1.82, 2.24) is 9.78 Å². The Balaban J connectivity index is 1.78. The van der Waals surface area contributed by atoms with Gasteiger partial charge in [-0.3, -0.25) is 19.5 Å². The highest BCUT2D eigenvalue weighted by Gasteiger charge is 2.48. The Morgan fingerprint density at radius 2 is 1.54 bits per heavy atom. The van der Waals surface area contributed by atoms with E-state index in [2.05, 4.69) is 5.10 Å². The zero-order chi connectivity index (χ0) is 24.9. The molecule has 0 saturated carbocycles. The van der Waals surface area contributed by atoms with Crippen LogP contribution >= 0.6 is 11.6 Å². The van der Waals surface area contributed by atoms with E-state index in [1.165, 1.54) is 4.68 Å². The minimum atomic E-state index is -0.556. The van der Waals surface area contributed by atoms with E-state index in [0.29, 0.717) is 22.1 Å². The number of rotatable bonds is 4. The van der Waals surface area contributed by atoms with E-state index in [0.717, 1.165) is 16.0 Å². The van der Waals surface area contributed by atoms with Gasteiger partial charge < -0.3 is 0 Å². The highest BCUT2D eigenvalue weighted by atomic mass is 35.5. The van der Waals surface area contributed by atoms with E-state index in [9.17, 15) is 14.4 Å². The lowest BCUT2D eigenvalue weighted by Gasteiger charge is -2.13. The monoisotopic (exact) mass is 485 g/mol. The normalized spacial score (nSPS) is 13.8. The highest BCUT2D eigenvalue weighted by Crippen LogP contribution is 2.33. The van der Waals surface area contributed by atoms with Crippen LogP contribution in [0.25, 0.3) is 17.0 Å². The second-order valence-corrected chi connectivity index (χ2v) is 8.89. The third-order valence-electron chi connectivity index (χ3n) is 6.16. The van der Waals surface area contributed by atoms with Crippen molar-refractivity contribution in [2.24, 2.45) is 0 Å². The number of pyridine rings is 1. The minimum absolute atomic E-state index is 0.0478. The Hall–Kier alpha value is -4.23. The first-order valence-corrected chi connectivity index (χ1v) is 11.4. The number of benzene rings is 2. The van der Waals surface area contributed by atoms with Crippen LogP contribution < -0.4 is 15.0 Å². The van der Waals surface area contributed by atoms with Gasteiger partial charge in [0.1, 0.15) is 5.57 Å². The number of imide groups is 1. The van der Waals surface area contributed by atoms with Crippen LogP contribution in [0.15, 0.2) is 77.9 Å². The van der Waals surface area contributed by atoms with Gasteiger partial charge in [0.2, 0.25) is 0 Å². The van der Waals surface area contributed by atoms with Crippen LogP contribution in [-0.4, -0.2) is 21.6 Å². The Bertz CT molecular complexity index is 1600. The fourth-order valence-corrected chi connectivity index (χ4v) is 4.43. The molecule has 0 saturated heterocycles. The summed E-state index contributed by atoms with van der Waals surface area (Å²) in [5.74, 6) is -1.06. The van der Waals surface area contributed by atoms with Crippen molar-refractivity contribution in [3.05, 3.63) is 111 Å². The van der Waals surface area contributed by atoms with Crippen LogP contribution in [0.1, 0.15) is 22.4 Å². The summed E-state index contributed by atoms with van der Waals surface area (Å²) in [6.07, 6.45) is 3.52. The number of nitrogens with zero attached hydrogens (tertiary/aromatic N) is 3. The largest absolute Gasteiger partial charge is 0.331 e. The molecule has 5 rings (SSSR count). The van der Waals surface area contributed by atoms with Crippen LogP contribution in [0.5, 0.6) is 0 Å². The molecule has 7 nitrogen and oxygen atoms in total. The maximum absolute atomic E-state index is 13.8. The molecule has 0 aliphatic carbocycles. The van der Waals surface area contributed by atoms with E-state index in [4.69, 9.17) is 11.6 Å². The predicted molar refractivity (Wildman–Crippen MR) is 134 cm³/mol. The molecule has 3 heterocycles. The average Bonchev–Trinajstić information content (AvgIpc) is 3.27. The molecule has 2 aromatic heterocycles. The molecule has 1 aliphatic heterocycles. The molecule has 2 amide bonds. The standard InChI is InChI=1S/C27H21ClN4O3/c1-16-12-13-30(15-17(16)2)24-23(25(33)31(27(24)35)20-9-5-4-6-10-20)22-18(3)29-32(26(22)34)21-11-7-8-19(28)14-21/h4-15H,1-3H3/p+1. The fourth-order valence-electron chi connectivity index (χ4n) is 4.25. The number of anilines is 1. The molecule has 1 aliphatic rings. The van der Waals surface area contributed by atoms with Crippen molar-refractivity contribution in [1.29, 1.82) is 0 Å². The fraction of sp³-hybridized carbons (Fsp3) is 0.111. The van der Waals surface area contributed by atoms with Gasteiger partial charge in [-0.25, -0.2) is 9.58 Å². The second-order valence-electron chi connectivity index (χ2n) is 8.46. The summed E-state index contributed by atoms with van der Waals surface area (Å²) in [5, 5.41) is 3.50. The third-order valence-corrected chi connectivity index (χ3v) is 6.39. The lowest BCUT2D eigenvalue weighted by molar-refractivity contribution is -0.577. The van der Waals surface area contributed by atoms with Gasteiger partial charge in [0.15, 0.2) is 12.4 Å². The van der Waals surface area contributed by atoms with E-state index in [1.54, 1.807) is 72.4 Å². The predicted octanol–water partition coefficient (Wildman–Crippen LogP) is 3.97. The lowest BCUT2D eigenvalue weighted by Crippen LogP contribution is -2.40. The summed E-state index contributed by atoms with van der Waals surface area (Å²) < 4.78 is 2.95. The van der Waals surface area contributed by atoms with Crippen LogP contribution in [0.4, 0.5) is 5.69 Å². The second kappa shape index (κ2) is 8.52. The number of aromatic amines is 1. The molecule has 2 aromatic carbocycles. The molecule has 35 heavy (non-hydrogen) atoms. The maximum Gasteiger partial charge on any atom is 0.331 e. The topological polar surface area (TPSA) is 79.1 Å². The molecular weight excluding hydrogens is 464 g/mol. The summed E-state index contributed by atoms with van der Waals surface area (Å²) >= 11 is 6.13. The highest BCUT2D eigenvalue weighted by molar-refractivity contribution is 6.53. The van der Waals surface area contributed by atoms with Crippen molar-refractivity contribution < 1.29 is 14.2 Å². The molecule has 0 fully saturated rings. The van der Waals surface area contributed by atoms with Gasteiger partial charge >= 0.3 is 5.91 Å². The molecule has 0 bridgehead atoms. The Morgan fingerprint density at radius 3 is 2.23 bits per heavy atom. The van der Waals surface area contributed by atoms with Crippen molar-refractivity contribution >= 4 is 40.4 Å². The number of aromatic nitrogens is 3. The average molecular weight is 486 g/mol. The molecule has 174 valence electrons. The van der Waals surface area contributed by atoms with Gasteiger partial charge in [0.05, 0.1) is 16.9 Å². The Morgan fingerprint density at radius 1 is 0.829 bits per heavy atom. The number of aryl methyl sites for hydroxylation is 3. The number of amides is 2. The third kappa shape index (κ3) is 3.70. The summed E-state index contributed by atoms with van der Waals surface area (Å²) in [6, 6.07) is 17.4. The Labute approximate surface area is 206 Å². The van der Waals surface area contributed by atoms with Gasteiger partial charge in [-0.1, -0.05) is 35.9 Å². The first kappa shape index (κ1) is 22.6. The van der Waals surface area contributed by atoms with Gasteiger partial charge in [0, 0.05) is 22.3 Å². The maximum atomic E-state index is 13.8. The quantitative estimate of drug-likeness (QED) is 0.351. The van der Waals surface area contributed by atoms with E-state index in [1.807, 2.05) is 26.0 Å². The van der Waals surface area contributed by atoms with E-state index in [-0.39, 0.29) is 16.8 Å². The van der Waals surface area contributed by atoms with E-state index < -0.39 is 17.4 Å². The first-order valence-electron chi connectivity index (χ1n) is 11.0. The summed E-state index contributed by atoms with van der Waals surface area (Å²) in [6.45, 7) is 5.60. The number of H-pyrrole nitrogens is 1. The molecule has 0 spiro atoms. The number of para-hydroxylation sites is 1. The number of nitrogens with one attached hydrogen (secondary N) is 1. The summed E-state index contributed by atoms with van der Waals surface area (Å²) in [4.78, 5) is 42.3. The van der Waals surface area contributed by atoms with Gasteiger partial charge in [-0.15, -0.1) is 0 Å².